The molecule has 5 heteroatoms. The van der Waals surface area contributed by atoms with Gasteiger partial charge in [-0.05, 0) is 0 Å². The molecule has 0 rings (SSSR count). The van der Waals surface area contributed by atoms with Crippen LogP contribution >= 0.6 is 0 Å². The Bertz CT molecular complexity index is 123. The molecule has 4 N–H and O–H groups in total. The molecule has 0 bridgehead atoms. The second kappa shape index (κ2) is 5.69. The fraction of sp³-hybridized carbons (Fsp3) is 0.333. The van der Waals surface area contributed by atoms with Crippen molar-refractivity contribution in [3.63, 3.8) is 0 Å². The number of rotatable bonds is 1. The van der Waals surface area contributed by atoms with Gasteiger partial charge in [-0.25, -0.2) is 0 Å². The van der Waals surface area contributed by atoms with Crippen molar-refractivity contribution < 1.29 is 57.9 Å². The molecule has 0 radical (unpaired) electrons. The van der Waals surface area contributed by atoms with Crippen molar-refractivity contribution in [2.45, 2.75) is 6.10 Å². The Kier molecular flexibility index (Phi) is 8.08. The standard InChI is InChI=1S/C3H5N3O.K.H/c4-1-2(7)3(5)6;;/h2,7H,(H3,5,6);;/q;+1;-1. The molecular weight excluding hydrogens is 133 g/mol. The number of nitrogens with zero attached hydrogens (tertiary/aromatic N) is 1. The van der Waals surface area contributed by atoms with E-state index in [2.05, 4.69) is 5.73 Å². The predicted octanol–water partition coefficient (Wildman–Crippen LogP) is -4.08. The second-order valence-corrected chi connectivity index (χ2v) is 0.987. The Morgan fingerprint density at radius 1 is 2.00 bits per heavy atom. The summed E-state index contributed by atoms with van der Waals surface area (Å²) in [6, 6.07) is 1.37. The summed E-state index contributed by atoms with van der Waals surface area (Å²) in [6.07, 6.45) is -1.43. The van der Waals surface area contributed by atoms with E-state index in [1.165, 1.54) is 6.07 Å². The molecule has 1 unspecified atom stereocenters. The maximum absolute atomic E-state index is 8.22. The van der Waals surface area contributed by atoms with Gasteiger partial charge in [-0.1, -0.05) is 0 Å². The van der Waals surface area contributed by atoms with Gasteiger partial charge in [0.2, 0.25) is 0 Å². The Morgan fingerprint density at radius 3 is 2.38 bits per heavy atom. The average molecular weight is 139 g/mol. The van der Waals surface area contributed by atoms with Gasteiger partial charge in [0, 0.05) is 0 Å². The largest absolute Gasteiger partial charge is 1.00 e. The molecule has 0 aliphatic carbocycles. The summed E-state index contributed by atoms with van der Waals surface area (Å²) in [5.74, 6) is -0.512. The van der Waals surface area contributed by atoms with Crippen molar-refractivity contribution in [1.29, 1.82) is 10.7 Å². The van der Waals surface area contributed by atoms with Crippen molar-refractivity contribution in [2.75, 3.05) is 0 Å². The predicted molar refractivity (Wildman–Crippen MR) is 24.6 cm³/mol. The summed E-state index contributed by atoms with van der Waals surface area (Å²) in [4.78, 5) is 0. The van der Waals surface area contributed by atoms with Gasteiger partial charge in [-0.15, -0.1) is 0 Å². The molecule has 0 amide bonds. The third-order valence-electron chi connectivity index (χ3n) is 0.417. The summed E-state index contributed by atoms with van der Waals surface area (Å²) < 4.78 is 0. The molecule has 0 saturated heterocycles. The molecular formula is C3H6KN3O. The summed E-state index contributed by atoms with van der Waals surface area (Å²) in [5, 5.41) is 22.4. The average Bonchev–Trinajstić information content (AvgIpc) is 1.65. The molecule has 0 aliphatic heterocycles. The number of aliphatic hydroxyl groups excluding tert-OH is 1. The Labute approximate surface area is 91.1 Å². The summed E-state index contributed by atoms with van der Waals surface area (Å²) in [6.45, 7) is 0. The van der Waals surface area contributed by atoms with Gasteiger partial charge in [0.05, 0.1) is 0 Å². The third-order valence-corrected chi connectivity index (χ3v) is 0.417. The molecule has 0 aromatic heterocycles. The van der Waals surface area contributed by atoms with Crippen LogP contribution in [0.2, 0.25) is 0 Å². The first-order valence-electron chi connectivity index (χ1n) is 1.60. The Morgan fingerprint density at radius 2 is 2.38 bits per heavy atom. The van der Waals surface area contributed by atoms with Crippen LogP contribution in [0, 0.1) is 16.7 Å². The number of aliphatic hydroxyl groups is 1. The van der Waals surface area contributed by atoms with Gasteiger partial charge in [0.1, 0.15) is 11.9 Å². The first-order chi connectivity index (χ1) is 3.18. The fourth-order valence-electron chi connectivity index (χ4n) is 0.0695. The number of nitrogens with one attached hydrogen (secondary N) is 1. The maximum atomic E-state index is 8.22. The first-order valence-corrected chi connectivity index (χ1v) is 1.60. The van der Waals surface area contributed by atoms with E-state index in [-0.39, 0.29) is 52.8 Å². The van der Waals surface area contributed by atoms with Gasteiger partial charge in [-0.2, -0.15) is 5.26 Å². The van der Waals surface area contributed by atoms with Gasteiger partial charge in [0.15, 0.2) is 6.10 Å². The van der Waals surface area contributed by atoms with E-state index in [0.717, 1.165) is 0 Å². The van der Waals surface area contributed by atoms with Crippen LogP contribution in [0.1, 0.15) is 1.43 Å². The fourth-order valence-corrected chi connectivity index (χ4v) is 0.0695. The third kappa shape index (κ3) is 4.71. The van der Waals surface area contributed by atoms with E-state index in [1.807, 2.05) is 0 Å². The summed E-state index contributed by atoms with van der Waals surface area (Å²) in [7, 11) is 0. The van der Waals surface area contributed by atoms with Crippen LogP contribution in [0.15, 0.2) is 0 Å². The van der Waals surface area contributed by atoms with E-state index in [4.69, 9.17) is 15.8 Å². The SMILES string of the molecule is N#CC(O)C(=N)N.[H-].[K+]. The van der Waals surface area contributed by atoms with Crippen molar-refractivity contribution in [2.24, 2.45) is 5.73 Å². The number of nitrogens with two attached hydrogens (primary N) is 1. The van der Waals surface area contributed by atoms with Crippen LogP contribution in [0.3, 0.4) is 0 Å². The van der Waals surface area contributed by atoms with Gasteiger partial charge >= 0.3 is 51.4 Å². The molecule has 0 heterocycles. The normalized spacial score (nSPS) is 10.5. The van der Waals surface area contributed by atoms with Crippen LogP contribution in [-0.4, -0.2) is 17.0 Å². The molecule has 0 aliphatic rings. The zero-order chi connectivity index (χ0) is 5.86. The molecule has 0 spiro atoms. The number of nitriles is 1. The zero-order valence-electron chi connectivity index (χ0n) is 5.55. The topological polar surface area (TPSA) is 93.9 Å². The second-order valence-electron chi connectivity index (χ2n) is 0.987. The summed E-state index contributed by atoms with van der Waals surface area (Å²) >= 11 is 0. The van der Waals surface area contributed by atoms with Crippen LogP contribution < -0.4 is 57.1 Å². The maximum Gasteiger partial charge on any atom is 1.00 e. The van der Waals surface area contributed by atoms with E-state index >= 15 is 0 Å². The van der Waals surface area contributed by atoms with Gasteiger partial charge in [0.25, 0.3) is 0 Å². The molecule has 8 heavy (non-hydrogen) atoms. The molecule has 0 fully saturated rings. The molecule has 0 aromatic rings. The molecule has 4 nitrogen and oxygen atoms in total. The summed E-state index contributed by atoms with van der Waals surface area (Å²) in [5.41, 5.74) is 4.66. The minimum Gasteiger partial charge on any atom is -1.00 e. The smallest absolute Gasteiger partial charge is 1.00 e. The Hall–Kier alpha value is 0.556. The van der Waals surface area contributed by atoms with Crippen molar-refractivity contribution >= 4 is 5.84 Å². The number of hydrogen-bond donors (Lipinski definition) is 3. The zero-order valence-corrected chi connectivity index (χ0v) is 7.67. The number of amidine groups is 1. The van der Waals surface area contributed by atoms with E-state index in [0.29, 0.717) is 0 Å². The molecule has 0 aromatic carbocycles. The molecule has 40 valence electrons. The van der Waals surface area contributed by atoms with E-state index in [9.17, 15) is 0 Å². The quantitative estimate of drug-likeness (QED) is 0.149. The van der Waals surface area contributed by atoms with Crippen LogP contribution in [0.5, 0.6) is 0 Å². The van der Waals surface area contributed by atoms with Crippen molar-refractivity contribution in [3.05, 3.63) is 0 Å². The first kappa shape index (κ1) is 11.4. The van der Waals surface area contributed by atoms with E-state index in [1.54, 1.807) is 0 Å². The molecule has 0 saturated carbocycles. The van der Waals surface area contributed by atoms with Crippen LogP contribution in [0.4, 0.5) is 0 Å². The van der Waals surface area contributed by atoms with Gasteiger partial charge < -0.3 is 12.3 Å². The monoisotopic (exact) mass is 139 g/mol. The van der Waals surface area contributed by atoms with Crippen LogP contribution in [-0.2, 0) is 0 Å². The van der Waals surface area contributed by atoms with Gasteiger partial charge in [-0.3, -0.25) is 5.41 Å². The van der Waals surface area contributed by atoms with E-state index < -0.39 is 11.9 Å². The Balaban J connectivity index is -0.000000180. The molecule has 1 atom stereocenters. The van der Waals surface area contributed by atoms with Crippen molar-refractivity contribution in [3.8, 4) is 6.07 Å². The minimum atomic E-state index is -1.43. The minimum absolute atomic E-state index is 0. The van der Waals surface area contributed by atoms with Crippen LogP contribution in [0.25, 0.3) is 0 Å². The number of hydrogen-bond acceptors (Lipinski definition) is 3. The van der Waals surface area contributed by atoms with Crippen molar-refractivity contribution in [1.82, 2.24) is 0 Å².